The number of amides is 2. The normalized spacial score (nSPS) is 17.1. The van der Waals surface area contributed by atoms with Crippen molar-refractivity contribution in [2.24, 2.45) is 5.92 Å². The molecule has 1 aliphatic heterocycles. The fraction of sp³-hybridized carbons (Fsp3) is 0.471. The number of likely N-dealkylation sites (tertiary alicyclic amines) is 1. The van der Waals surface area contributed by atoms with Crippen LogP contribution in [-0.4, -0.2) is 49.7 Å². The van der Waals surface area contributed by atoms with Gasteiger partial charge in [-0.2, -0.15) is 0 Å². The molecule has 0 saturated carbocycles. The highest BCUT2D eigenvalue weighted by molar-refractivity contribution is 5.94. The van der Waals surface area contributed by atoms with Crippen LogP contribution < -0.4 is 5.32 Å². The monoisotopic (exact) mass is 334 g/mol. The molecule has 0 aliphatic carbocycles. The molecular weight excluding hydrogens is 312 g/mol. The molecule has 0 bridgehead atoms. The van der Waals surface area contributed by atoms with Gasteiger partial charge < -0.3 is 19.7 Å². The van der Waals surface area contributed by atoms with Crippen LogP contribution in [0.2, 0.25) is 0 Å². The second kappa shape index (κ2) is 8.33. The average molecular weight is 334 g/mol. The number of esters is 1. The number of benzene rings is 1. The zero-order valence-corrected chi connectivity index (χ0v) is 13.9. The van der Waals surface area contributed by atoms with Crippen LogP contribution in [-0.2, 0) is 14.3 Å². The molecule has 7 heteroatoms. The van der Waals surface area contributed by atoms with E-state index in [1.54, 1.807) is 31.2 Å². The van der Waals surface area contributed by atoms with E-state index in [0.717, 1.165) is 12.8 Å². The molecule has 1 N–H and O–H groups in total. The van der Waals surface area contributed by atoms with Crippen LogP contribution in [0.1, 0.15) is 30.1 Å². The van der Waals surface area contributed by atoms with Crippen LogP contribution in [0.25, 0.3) is 0 Å². The van der Waals surface area contributed by atoms with Crippen LogP contribution in [0, 0.1) is 5.92 Å². The SMILES string of the molecule is CCOC(=O)c1ccc(NC(=O)C2CCCN(C(=O)OC)C2)cc1. The summed E-state index contributed by atoms with van der Waals surface area (Å²) in [5, 5.41) is 2.82. The van der Waals surface area contributed by atoms with Gasteiger partial charge in [0.05, 0.1) is 25.2 Å². The van der Waals surface area contributed by atoms with Crippen molar-refractivity contribution in [3.05, 3.63) is 29.8 Å². The number of nitrogens with zero attached hydrogens (tertiary/aromatic N) is 1. The van der Waals surface area contributed by atoms with E-state index in [-0.39, 0.29) is 11.8 Å². The van der Waals surface area contributed by atoms with Crippen molar-refractivity contribution in [3.8, 4) is 0 Å². The Morgan fingerprint density at radius 3 is 2.58 bits per heavy atom. The molecule has 1 heterocycles. The Hall–Kier alpha value is -2.57. The van der Waals surface area contributed by atoms with Crippen molar-refractivity contribution in [2.75, 3.05) is 32.1 Å². The topological polar surface area (TPSA) is 84.9 Å². The van der Waals surface area contributed by atoms with Gasteiger partial charge in [0.15, 0.2) is 0 Å². The molecule has 0 spiro atoms. The first-order chi connectivity index (χ1) is 11.5. The zero-order chi connectivity index (χ0) is 17.5. The van der Waals surface area contributed by atoms with E-state index in [2.05, 4.69) is 5.32 Å². The predicted octanol–water partition coefficient (Wildman–Crippen LogP) is 2.28. The fourth-order valence-electron chi connectivity index (χ4n) is 2.63. The quantitative estimate of drug-likeness (QED) is 0.854. The summed E-state index contributed by atoms with van der Waals surface area (Å²) in [6.07, 6.45) is 1.07. The molecule has 1 saturated heterocycles. The summed E-state index contributed by atoms with van der Waals surface area (Å²) in [7, 11) is 1.33. The molecular formula is C17H22N2O5. The van der Waals surface area contributed by atoms with E-state index >= 15 is 0 Å². The van der Waals surface area contributed by atoms with Gasteiger partial charge in [0.1, 0.15) is 0 Å². The Bertz CT molecular complexity index is 600. The second-order valence-electron chi connectivity index (χ2n) is 5.54. The number of rotatable bonds is 4. The van der Waals surface area contributed by atoms with E-state index < -0.39 is 12.1 Å². The average Bonchev–Trinajstić information content (AvgIpc) is 2.62. The summed E-state index contributed by atoms with van der Waals surface area (Å²) >= 11 is 0. The Balaban J connectivity index is 1.94. The fourth-order valence-corrected chi connectivity index (χ4v) is 2.63. The molecule has 7 nitrogen and oxygen atoms in total. The Labute approximate surface area is 140 Å². The molecule has 1 atom stereocenters. The van der Waals surface area contributed by atoms with Gasteiger partial charge in [-0.05, 0) is 44.0 Å². The molecule has 1 aliphatic rings. The Morgan fingerprint density at radius 2 is 1.96 bits per heavy atom. The van der Waals surface area contributed by atoms with Gasteiger partial charge in [0, 0.05) is 18.8 Å². The minimum atomic E-state index is -0.411. The maximum atomic E-state index is 12.4. The number of carbonyl (C=O) groups is 3. The van der Waals surface area contributed by atoms with Gasteiger partial charge in [-0.25, -0.2) is 9.59 Å². The number of carbonyl (C=O) groups excluding carboxylic acids is 3. The lowest BCUT2D eigenvalue weighted by molar-refractivity contribution is -0.121. The number of hydrogen-bond acceptors (Lipinski definition) is 5. The highest BCUT2D eigenvalue weighted by atomic mass is 16.5. The van der Waals surface area contributed by atoms with E-state index in [4.69, 9.17) is 9.47 Å². The summed E-state index contributed by atoms with van der Waals surface area (Å²) in [4.78, 5) is 37.1. The molecule has 1 aromatic carbocycles. The lowest BCUT2D eigenvalue weighted by atomic mass is 9.97. The summed E-state index contributed by atoms with van der Waals surface area (Å²) in [6.45, 7) is 3.01. The molecule has 2 amide bonds. The molecule has 1 fully saturated rings. The smallest absolute Gasteiger partial charge is 0.409 e. The third-order valence-corrected chi connectivity index (χ3v) is 3.89. The van der Waals surface area contributed by atoms with Gasteiger partial charge >= 0.3 is 12.1 Å². The zero-order valence-electron chi connectivity index (χ0n) is 13.9. The minimum absolute atomic E-state index is 0.146. The summed E-state index contributed by atoms with van der Waals surface area (Å²) < 4.78 is 9.62. The first-order valence-electron chi connectivity index (χ1n) is 7.96. The molecule has 1 aromatic rings. The van der Waals surface area contributed by atoms with Crippen LogP contribution in [0.3, 0.4) is 0 Å². The first kappa shape index (κ1) is 17.8. The number of methoxy groups -OCH3 is 1. The number of nitrogens with one attached hydrogen (secondary N) is 1. The Morgan fingerprint density at radius 1 is 1.25 bits per heavy atom. The molecule has 24 heavy (non-hydrogen) atoms. The molecule has 1 unspecified atom stereocenters. The van der Waals surface area contributed by atoms with Crippen LogP contribution >= 0.6 is 0 Å². The van der Waals surface area contributed by atoms with Crippen molar-refractivity contribution < 1.29 is 23.9 Å². The highest BCUT2D eigenvalue weighted by Gasteiger charge is 2.28. The molecule has 130 valence electrons. The van der Waals surface area contributed by atoms with Gasteiger partial charge in [-0.3, -0.25) is 4.79 Å². The molecule has 0 aromatic heterocycles. The standard InChI is InChI=1S/C17H22N2O5/c1-3-24-16(21)12-6-8-14(9-7-12)18-15(20)13-5-4-10-19(11-13)17(22)23-2/h6-9,13H,3-5,10-11H2,1-2H3,(H,18,20). The third kappa shape index (κ3) is 4.47. The maximum absolute atomic E-state index is 12.4. The second-order valence-corrected chi connectivity index (χ2v) is 5.54. The van der Waals surface area contributed by atoms with E-state index in [0.29, 0.717) is 30.9 Å². The highest BCUT2D eigenvalue weighted by Crippen LogP contribution is 2.19. The lowest BCUT2D eigenvalue weighted by Crippen LogP contribution is -2.43. The van der Waals surface area contributed by atoms with E-state index in [1.165, 1.54) is 12.0 Å². The number of piperidine rings is 1. The van der Waals surface area contributed by atoms with Crippen LogP contribution in [0.15, 0.2) is 24.3 Å². The van der Waals surface area contributed by atoms with Crippen molar-refractivity contribution in [3.63, 3.8) is 0 Å². The predicted molar refractivity (Wildman–Crippen MR) is 87.7 cm³/mol. The van der Waals surface area contributed by atoms with Crippen molar-refractivity contribution >= 4 is 23.7 Å². The van der Waals surface area contributed by atoms with E-state index in [1.807, 2.05) is 0 Å². The van der Waals surface area contributed by atoms with Gasteiger partial charge in [0.25, 0.3) is 0 Å². The molecule has 2 rings (SSSR count). The van der Waals surface area contributed by atoms with E-state index in [9.17, 15) is 14.4 Å². The van der Waals surface area contributed by atoms with Crippen LogP contribution in [0.5, 0.6) is 0 Å². The van der Waals surface area contributed by atoms with Gasteiger partial charge in [-0.1, -0.05) is 0 Å². The summed E-state index contributed by atoms with van der Waals surface area (Å²) in [6, 6.07) is 6.53. The molecule has 0 radical (unpaired) electrons. The van der Waals surface area contributed by atoms with Crippen molar-refractivity contribution in [1.29, 1.82) is 0 Å². The van der Waals surface area contributed by atoms with Crippen molar-refractivity contribution in [2.45, 2.75) is 19.8 Å². The summed E-state index contributed by atoms with van der Waals surface area (Å²) in [5.74, 6) is -0.813. The number of hydrogen-bond donors (Lipinski definition) is 1. The van der Waals surface area contributed by atoms with Crippen molar-refractivity contribution in [1.82, 2.24) is 4.90 Å². The minimum Gasteiger partial charge on any atom is -0.462 e. The number of ether oxygens (including phenoxy) is 2. The van der Waals surface area contributed by atoms with Crippen LogP contribution in [0.4, 0.5) is 10.5 Å². The summed E-state index contributed by atoms with van der Waals surface area (Å²) in [5.41, 5.74) is 1.03. The van der Waals surface area contributed by atoms with Gasteiger partial charge in [-0.15, -0.1) is 0 Å². The Kier molecular flexibility index (Phi) is 6.17. The third-order valence-electron chi connectivity index (χ3n) is 3.89. The maximum Gasteiger partial charge on any atom is 0.409 e. The first-order valence-corrected chi connectivity index (χ1v) is 7.96. The lowest BCUT2D eigenvalue weighted by Gasteiger charge is -2.30. The number of anilines is 1. The van der Waals surface area contributed by atoms with Gasteiger partial charge in [0.2, 0.25) is 5.91 Å². The largest absolute Gasteiger partial charge is 0.462 e.